The van der Waals surface area contributed by atoms with Crippen molar-refractivity contribution in [3.05, 3.63) is 77.9 Å². The van der Waals surface area contributed by atoms with Gasteiger partial charge in [-0.25, -0.2) is 9.97 Å². The zero-order valence-corrected chi connectivity index (χ0v) is 20.6. The van der Waals surface area contributed by atoms with E-state index in [0.29, 0.717) is 49.2 Å². The predicted octanol–water partition coefficient (Wildman–Crippen LogP) is 3.66. The zero-order valence-electron chi connectivity index (χ0n) is 20.6. The number of morpholine rings is 1. The topological polar surface area (TPSA) is 90.7 Å². The van der Waals surface area contributed by atoms with Gasteiger partial charge in [0.1, 0.15) is 29.2 Å². The van der Waals surface area contributed by atoms with Gasteiger partial charge in [0.25, 0.3) is 5.91 Å². The smallest absolute Gasteiger partial charge is 0.254 e. The molecule has 1 aliphatic rings. The van der Waals surface area contributed by atoms with Gasteiger partial charge in [-0.2, -0.15) is 0 Å². The number of aromatic nitrogens is 3. The number of pyridine rings is 1. The Morgan fingerprint density at radius 3 is 2.44 bits per heavy atom. The maximum atomic E-state index is 13.5. The van der Waals surface area contributed by atoms with Gasteiger partial charge >= 0.3 is 0 Å². The highest BCUT2D eigenvalue weighted by molar-refractivity contribution is 6.07. The van der Waals surface area contributed by atoms with Crippen molar-refractivity contribution in [3.8, 4) is 11.5 Å². The van der Waals surface area contributed by atoms with Gasteiger partial charge in [-0.1, -0.05) is 18.2 Å². The number of anilines is 1. The van der Waals surface area contributed by atoms with Crippen LogP contribution in [0, 0.1) is 0 Å². The lowest BCUT2D eigenvalue weighted by Gasteiger charge is -2.27. The Balaban J connectivity index is 1.60. The molecule has 36 heavy (non-hydrogen) atoms. The summed E-state index contributed by atoms with van der Waals surface area (Å²) in [5.41, 5.74) is 2.23. The molecule has 4 aromatic rings. The van der Waals surface area contributed by atoms with E-state index in [4.69, 9.17) is 19.2 Å². The van der Waals surface area contributed by atoms with Crippen LogP contribution in [0.4, 0.5) is 5.82 Å². The molecule has 1 unspecified atom stereocenters. The number of imidazole rings is 1. The molecule has 0 bridgehead atoms. The van der Waals surface area contributed by atoms with Gasteiger partial charge in [0.05, 0.1) is 38.5 Å². The van der Waals surface area contributed by atoms with E-state index in [9.17, 15) is 4.79 Å². The van der Waals surface area contributed by atoms with E-state index in [1.54, 1.807) is 20.4 Å². The Hall–Kier alpha value is -4.11. The quantitative estimate of drug-likeness (QED) is 0.425. The van der Waals surface area contributed by atoms with Crippen molar-refractivity contribution in [2.75, 3.05) is 45.8 Å². The number of hydrogen-bond acceptors (Lipinski definition) is 7. The van der Waals surface area contributed by atoms with Crippen molar-refractivity contribution in [1.82, 2.24) is 19.4 Å². The normalized spacial score (nSPS) is 14.5. The lowest BCUT2D eigenvalue weighted by Crippen LogP contribution is -2.40. The first-order valence-electron chi connectivity index (χ1n) is 11.8. The number of ether oxygens (including phenoxy) is 3. The Labute approximate surface area is 209 Å². The molecule has 1 fully saturated rings. The summed E-state index contributed by atoms with van der Waals surface area (Å²) < 4.78 is 18.4. The van der Waals surface area contributed by atoms with Crippen molar-refractivity contribution >= 4 is 22.6 Å². The van der Waals surface area contributed by atoms with Crippen LogP contribution >= 0.6 is 0 Å². The number of benzene rings is 2. The molecular weight excluding hydrogens is 458 g/mol. The third-order valence-electron chi connectivity index (χ3n) is 6.36. The van der Waals surface area contributed by atoms with Crippen LogP contribution in [0.5, 0.6) is 11.5 Å². The van der Waals surface area contributed by atoms with Crippen LogP contribution in [0.25, 0.3) is 10.9 Å². The Kier molecular flexibility index (Phi) is 6.73. The first-order valence-corrected chi connectivity index (χ1v) is 11.8. The predicted molar refractivity (Wildman–Crippen MR) is 137 cm³/mol. The maximum absolute atomic E-state index is 13.5. The molecule has 9 heteroatoms. The van der Waals surface area contributed by atoms with Crippen molar-refractivity contribution in [1.29, 1.82) is 0 Å². The van der Waals surface area contributed by atoms with Crippen molar-refractivity contribution in [3.63, 3.8) is 0 Å². The number of rotatable bonds is 7. The lowest BCUT2D eigenvalue weighted by atomic mass is 10.0. The summed E-state index contributed by atoms with van der Waals surface area (Å²) in [7, 11) is 5.18. The van der Waals surface area contributed by atoms with Gasteiger partial charge < -0.3 is 29.0 Å². The SMILES string of the molecule is COc1cc(OC)cc(C(Nc2cc(C(=O)N3CCOCC3)c3ccccc3n2)c2nccn2C)c1. The van der Waals surface area contributed by atoms with E-state index < -0.39 is 0 Å². The van der Waals surface area contributed by atoms with Crippen molar-refractivity contribution in [2.24, 2.45) is 7.05 Å². The molecule has 3 heterocycles. The van der Waals surface area contributed by atoms with Crippen LogP contribution in [-0.2, 0) is 11.8 Å². The van der Waals surface area contributed by atoms with Crippen molar-refractivity contribution < 1.29 is 19.0 Å². The third kappa shape index (κ3) is 4.70. The number of carbonyl (C=O) groups excluding carboxylic acids is 1. The summed E-state index contributed by atoms with van der Waals surface area (Å²) >= 11 is 0. The summed E-state index contributed by atoms with van der Waals surface area (Å²) in [5, 5.41) is 4.35. The van der Waals surface area contributed by atoms with Gasteiger partial charge in [-0.3, -0.25) is 4.79 Å². The molecule has 2 aromatic heterocycles. The second kappa shape index (κ2) is 10.2. The molecule has 9 nitrogen and oxygen atoms in total. The number of carbonyl (C=O) groups is 1. The monoisotopic (exact) mass is 487 g/mol. The largest absolute Gasteiger partial charge is 0.497 e. The second-order valence-corrected chi connectivity index (χ2v) is 8.60. The number of nitrogens with one attached hydrogen (secondary N) is 1. The van der Waals surface area contributed by atoms with E-state index in [1.165, 1.54) is 0 Å². The molecule has 0 saturated carbocycles. The summed E-state index contributed by atoms with van der Waals surface area (Å²) in [6, 6.07) is 14.8. The first kappa shape index (κ1) is 23.6. The van der Waals surface area contributed by atoms with E-state index in [-0.39, 0.29) is 11.9 Å². The summed E-state index contributed by atoms with van der Waals surface area (Å²) in [6.45, 7) is 2.22. The minimum Gasteiger partial charge on any atom is -0.497 e. The number of hydrogen-bond donors (Lipinski definition) is 1. The fraction of sp³-hybridized carbons (Fsp3) is 0.296. The minimum absolute atomic E-state index is 0.0310. The molecule has 0 aliphatic carbocycles. The molecule has 1 atom stereocenters. The fourth-order valence-electron chi connectivity index (χ4n) is 4.46. The standard InChI is InChI=1S/C27H29N5O4/c1-31-9-8-28-26(31)25(18-14-19(34-2)16-20(15-18)35-3)30-24-17-22(21-6-4-5-7-23(21)29-24)27(33)32-10-12-36-13-11-32/h4-9,14-17,25H,10-13H2,1-3H3,(H,29,30). The molecule has 1 amide bonds. The Morgan fingerprint density at radius 1 is 1.06 bits per heavy atom. The minimum atomic E-state index is -0.381. The van der Waals surface area contributed by atoms with Crippen LogP contribution in [0.2, 0.25) is 0 Å². The number of amides is 1. The average molecular weight is 488 g/mol. The van der Waals surface area contributed by atoms with E-state index in [0.717, 1.165) is 22.3 Å². The molecular formula is C27H29N5O4. The van der Waals surface area contributed by atoms with Gasteiger partial charge in [0.15, 0.2) is 0 Å². The van der Waals surface area contributed by atoms with Crippen LogP contribution in [0.3, 0.4) is 0 Å². The number of nitrogens with zero attached hydrogens (tertiary/aromatic N) is 4. The molecule has 0 radical (unpaired) electrons. The highest BCUT2D eigenvalue weighted by atomic mass is 16.5. The zero-order chi connectivity index (χ0) is 25.1. The summed E-state index contributed by atoms with van der Waals surface area (Å²) in [5.74, 6) is 2.65. The average Bonchev–Trinajstić information content (AvgIpc) is 3.36. The van der Waals surface area contributed by atoms with E-state index in [2.05, 4.69) is 10.3 Å². The van der Waals surface area contributed by atoms with Gasteiger partial charge in [0.2, 0.25) is 0 Å². The van der Waals surface area contributed by atoms with Crippen LogP contribution < -0.4 is 14.8 Å². The fourth-order valence-corrected chi connectivity index (χ4v) is 4.46. The number of fused-ring (bicyclic) bond motifs is 1. The molecule has 2 aromatic carbocycles. The summed E-state index contributed by atoms with van der Waals surface area (Å²) in [4.78, 5) is 24.8. The summed E-state index contributed by atoms with van der Waals surface area (Å²) in [6.07, 6.45) is 3.64. The molecule has 1 N–H and O–H groups in total. The molecule has 1 saturated heterocycles. The number of para-hydroxylation sites is 1. The second-order valence-electron chi connectivity index (χ2n) is 8.60. The number of aryl methyl sites for hydroxylation is 1. The van der Waals surface area contributed by atoms with Crippen LogP contribution in [-0.4, -0.2) is 65.9 Å². The molecule has 5 rings (SSSR count). The highest BCUT2D eigenvalue weighted by Gasteiger charge is 2.24. The van der Waals surface area contributed by atoms with Gasteiger partial charge in [-0.15, -0.1) is 0 Å². The van der Waals surface area contributed by atoms with E-state index >= 15 is 0 Å². The van der Waals surface area contributed by atoms with Gasteiger partial charge in [0, 0.05) is 44.0 Å². The molecule has 0 spiro atoms. The van der Waals surface area contributed by atoms with Crippen LogP contribution in [0.1, 0.15) is 27.8 Å². The molecule has 186 valence electrons. The Bertz CT molecular complexity index is 1360. The third-order valence-corrected chi connectivity index (χ3v) is 6.36. The van der Waals surface area contributed by atoms with Crippen LogP contribution in [0.15, 0.2) is 60.9 Å². The van der Waals surface area contributed by atoms with E-state index in [1.807, 2.05) is 71.2 Å². The maximum Gasteiger partial charge on any atom is 0.254 e. The number of methoxy groups -OCH3 is 2. The first-order chi connectivity index (χ1) is 17.6. The molecule has 1 aliphatic heterocycles. The van der Waals surface area contributed by atoms with Gasteiger partial charge in [-0.05, 0) is 29.8 Å². The Morgan fingerprint density at radius 2 is 1.78 bits per heavy atom. The van der Waals surface area contributed by atoms with Crippen molar-refractivity contribution in [2.45, 2.75) is 6.04 Å². The lowest BCUT2D eigenvalue weighted by molar-refractivity contribution is 0.0304. The highest BCUT2D eigenvalue weighted by Crippen LogP contribution is 2.32.